The van der Waals surface area contributed by atoms with Crippen LogP contribution < -0.4 is 0 Å². The number of fused-ring (bicyclic) bond motifs is 1. The van der Waals surface area contributed by atoms with Crippen LogP contribution in [-0.2, 0) is 19.1 Å². The number of halogens is 3. The predicted molar refractivity (Wildman–Crippen MR) is 80.9 cm³/mol. The first-order chi connectivity index (χ1) is 10.5. The summed E-state index contributed by atoms with van der Waals surface area (Å²) in [7, 11) is 0. The highest BCUT2D eigenvalue weighted by Gasteiger charge is 2.32. The molecule has 112 valence electrons. The third kappa shape index (κ3) is 3.08. The second kappa shape index (κ2) is 5.75. The Bertz CT molecular complexity index is 746. The Hall–Kier alpha value is -2.43. The minimum atomic E-state index is -4.35. The van der Waals surface area contributed by atoms with Gasteiger partial charge in [-0.15, -0.1) is 0 Å². The zero-order valence-electron chi connectivity index (χ0n) is 11.6. The SMILES string of the molecule is FC(F)(F)c1ccccc1CN=CC1=Nc2ccccc2C1. The van der Waals surface area contributed by atoms with Crippen molar-refractivity contribution < 1.29 is 13.2 Å². The summed E-state index contributed by atoms with van der Waals surface area (Å²) >= 11 is 0. The van der Waals surface area contributed by atoms with Crippen LogP contribution in [0.4, 0.5) is 18.9 Å². The number of benzene rings is 2. The maximum absolute atomic E-state index is 12.9. The van der Waals surface area contributed by atoms with Crippen LogP contribution in [0, 0.1) is 0 Å². The molecule has 1 aliphatic heterocycles. The molecule has 0 unspecified atom stereocenters. The van der Waals surface area contributed by atoms with E-state index < -0.39 is 11.7 Å². The lowest BCUT2D eigenvalue weighted by molar-refractivity contribution is -0.138. The van der Waals surface area contributed by atoms with Gasteiger partial charge < -0.3 is 0 Å². The van der Waals surface area contributed by atoms with Crippen LogP contribution in [0.3, 0.4) is 0 Å². The van der Waals surface area contributed by atoms with Crippen LogP contribution in [0.1, 0.15) is 16.7 Å². The molecule has 22 heavy (non-hydrogen) atoms. The van der Waals surface area contributed by atoms with Gasteiger partial charge in [0.25, 0.3) is 0 Å². The molecule has 2 nitrogen and oxygen atoms in total. The first kappa shape index (κ1) is 14.5. The zero-order valence-corrected chi connectivity index (χ0v) is 11.6. The van der Waals surface area contributed by atoms with E-state index in [1.54, 1.807) is 12.3 Å². The average Bonchev–Trinajstić information content (AvgIpc) is 2.89. The molecule has 0 radical (unpaired) electrons. The molecule has 0 aromatic heterocycles. The minimum absolute atomic E-state index is 0.00888. The van der Waals surface area contributed by atoms with Crippen molar-refractivity contribution in [3.63, 3.8) is 0 Å². The average molecular weight is 302 g/mol. The molecular weight excluding hydrogens is 289 g/mol. The second-order valence-electron chi connectivity index (χ2n) is 5.03. The number of aliphatic imine (C=N–C) groups is 2. The van der Waals surface area contributed by atoms with Crippen molar-refractivity contribution in [3.05, 3.63) is 65.2 Å². The molecule has 1 heterocycles. The van der Waals surface area contributed by atoms with Gasteiger partial charge in [-0.1, -0.05) is 36.4 Å². The topological polar surface area (TPSA) is 24.7 Å². The fraction of sp³-hybridized carbons (Fsp3) is 0.176. The van der Waals surface area contributed by atoms with Gasteiger partial charge in [0.2, 0.25) is 0 Å². The summed E-state index contributed by atoms with van der Waals surface area (Å²) in [6.07, 6.45) is -2.12. The molecule has 2 aromatic carbocycles. The van der Waals surface area contributed by atoms with E-state index in [0.29, 0.717) is 6.42 Å². The van der Waals surface area contributed by atoms with Gasteiger partial charge in [0.05, 0.1) is 23.5 Å². The fourth-order valence-corrected chi connectivity index (χ4v) is 2.42. The number of nitrogens with zero attached hydrogens (tertiary/aromatic N) is 2. The molecular formula is C17H13F3N2. The smallest absolute Gasteiger partial charge is 0.287 e. The van der Waals surface area contributed by atoms with E-state index in [9.17, 15) is 13.2 Å². The molecule has 0 fully saturated rings. The van der Waals surface area contributed by atoms with Gasteiger partial charge >= 0.3 is 6.18 Å². The molecule has 5 heteroatoms. The van der Waals surface area contributed by atoms with Crippen molar-refractivity contribution in [1.29, 1.82) is 0 Å². The monoisotopic (exact) mass is 302 g/mol. The van der Waals surface area contributed by atoms with Gasteiger partial charge in [-0.3, -0.25) is 9.98 Å². The van der Waals surface area contributed by atoms with Gasteiger partial charge in [-0.25, -0.2) is 0 Å². The molecule has 0 N–H and O–H groups in total. The van der Waals surface area contributed by atoms with E-state index >= 15 is 0 Å². The van der Waals surface area contributed by atoms with E-state index in [0.717, 1.165) is 23.0 Å². The Morgan fingerprint density at radius 2 is 1.77 bits per heavy atom. The molecule has 0 spiro atoms. The van der Waals surface area contributed by atoms with Gasteiger partial charge in [0, 0.05) is 12.6 Å². The number of rotatable bonds is 3. The lowest BCUT2D eigenvalue weighted by atomic mass is 10.1. The van der Waals surface area contributed by atoms with Crippen LogP contribution >= 0.6 is 0 Å². The standard InChI is InChI=1S/C17H13F3N2/c18-17(19,20)15-7-3-1-6-13(15)10-21-11-14-9-12-5-2-4-8-16(12)22-14/h1-8,11H,9-10H2. The molecule has 2 aromatic rings. The summed E-state index contributed by atoms with van der Waals surface area (Å²) in [5.74, 6) is 0. The van der Waals surface area contributed by atoms with Crippen LogP contribution in [-0.4, -0.2) is 11.9 Å². The van der Waals surface area contributed by atoms with Gasteiger partial charge in [0.1, 0.15) is 0 Å². The zero-order chi connectivity index (χ0) is 15.6. The van der Waals surface area contributed by atoms with Gasteiger partial charge in [0.15, 0.2) is 0 Å². The largest absolute Gasteiger partial charge is 0.416 e. The first-order valence-corrected chi connectivity index (χ1v) is 6.84. The van der Waals surface area contributed by atoms with Crippen molar-refractivity contribution in [2.45, 2.75) is 19.1 Å². The third-order valence-corrected chi connectivity index (χ3v) is 3.45. The van der Waals surface area contributed by atoms with Crippen molar-refractivity contribution in [2.24, 2.45) is 9.98 Å². The summed E-state index contributed by atoms with van der Waals surface area (Å²) in [4.78, 5) is 8.52. The molecule has 0 saturated carbocycles. The van der Waals surface area contributed by atoms with Crippen LogP contribution in [0.25, 0.3) is 0 Å². The summed E-state index contributed by atoms with van der Waals surface area (Å²) < 4.78 is 38.6. The number of hydrogen-bond donors (Lipinski definition) is 0. The molecule has 0 saturated heterocycles. The summed E-state index contributed by atoms with van der Waals surface area (Å²) in [6.45, 7) is -0.00888. The lowest BCUT2D eigenvalue weighted by Crippen LogP contribution is -2.08. The summed E-state index contributed by atoms with van der Waals surface area (Å²) in [6, 6.07) is 13.2. The van der Waals surface area contributed by atoms with Crippen molar-refractivity contribution in [1.82, 2.24) is 0 Å². The van der Waals surface area contributed by atoms with Crippen molar-refractivity contribution >= 4 is 17.6 Å². The molecule has 0 aliphatic carbocycles. The highest BCUT2D eigenvalue weighted by atomic mass is 19.4. The maximum Gasteiger partial charge on any atom is 0.416 e. The second-order valence-corrected chi connectivity index (χ2v) is 5.03. The summed E-state index contributed by atoms with van der Waals surface area (Å²) in [5, 5.41) is 0. The Balaban J connectivity index is 1.72. The number of hydrogen-bond acceptors (Lipinski definition) is 2. The third-order valence-electron chi connectivity index (χ3n) is 3.45. The Labute approximate surface area is 126 Å². The Morgan fingerprint density at radius 3 is 2.55 bits per heavy atom. The van der Waals surface area contributed by atoms with Gasteiger partial charge in [-0.2, -0.15) is 13.2 Å². The van der Waals surface area contributed by atoms with Gasteiger partial charge in [-0.05, 0) is 23.3 Å². The minimum Gasteiger partial charge on any atom is -0.287 e. The van der Waals surface area contributed by atoms with Crippen LogP contribution in [0.15, 0.2) is 58.5 Å². The van der Waals surface area contributed by atoms with E-state index in [-0.39, 0.29) is 12.1 Å². The number of para-hydroxylation sites is 1. The summed E-state index contributed by atoms with van der Waals surface area (Å²) in [5.41, 5.74) is 2.32. The molecule has 0 bridgehead atoms. The normalized spacial score (nSPS) is 14.2. The lowest BCUT2D eigenvalue weighted by Gasteiger charge is -2.10. The van der Waals surface area contributed by atoms with Crippen molar-refractivity contribution in [3.8, 4) is 0 Å². The maximum atomic E-state index is 12.9. The molecule has 0 amide bonds. The van der Waals surface area contributed by atoms with Crippen LogP contribution in [0.2, 0.25) is 0 Å². The van der Waals surface area contributed by atoms with Crippen molar-refractivity contribution in [2.75, 3.05) is 0 Å². The van der Waals surface area contributed by atoms with E-state index in [1.165, 1.54) is 12.1 Å². The van der Waals surface area contributed by atoms with E-state index in [2.05, 4.69) is 9.98 Å². The predicted octanol–water partition coefficient (Wildman–Crippen LogP) is 4.61. The van der Waals surface area contributed by atoms with E-state index in [4.69, 9.17) is 0 Å². The van der Waals surface area contributed by atoms with E-state index in [1.807, 2.05) is 24.3 Å². The molecule has 1 aliphatic rings. The fourth-order valence-electron chi connectivity index (χ4n) is 2.42. The Kier molecular flexibility index (Phi) is 3.79. The highest BCUT2D eigenvalue weighted by Crippen LogP contribution is 2.32. The molecule has 3 rings (SSSR count). The first-order valence-electron chi connectivity index (χ1n) is 6.84. The number of alkyl halides is 3. The molecule has 0 atom stereocenters. The Morgan fingerprint density at radius 1 is 1.05 bits per heavy atom. The van der Waals surface area contributed by atoms with Crippen LogP contribution in [0.5, 0.6) is 0 Å². The quantitative estimate of drug-likeness (QED) is 0.740. The highest BCUT2D eigenvalue weighted by molar-refractivity contribution is 6.33.